The third-order valence-corrected chi connectivity index (χ3v) is 0. The second kappa shape index (κ2) is 8.73. The van der Waals surface area contributed by atoms with Crippen LogP contribution in [0.2, 0.25) is 0 Å². The Labute approximate surface area is 79.5 Å². The van der Waals surface area contributed by atoms with Crippen LogP contribution < -0.4 is 0 Å². The van der Waals surface area contributed by atoms with Gasteiger partial charge in [-0.2, -0.15) is 0 Å². The Morgan fingerprint density at radius 1 is 1.12 bits per heavy atom. The smallest absolute Gasteiger partial charge is 0.303 e. The van der Waals surface area contributed by atoms with Crippen LogP contribution in [-0.2, 0) is 57.3 Å². The number of phosphoric acid groups is 1. The van der Waals surface area contributed by atoms with Gasteiger partial charge in [0.1, 0.15) is 0 Å². The van der Waals surface area contributed by atoms with Crippen molar-refractivity contribution in [1.82, 2.24) is 0 Å². The molecule has 0 bridgehead atoms. The van der Waals surface area contributed by atoms with E-state index in [1.807, 2.05) is 0 Å². The van der Waals surface area contributed by atoms with E-state index in [1.54, 1.807) is 0 Å². The van der Waals surface area contributed by atoms with Crippen molar-refractivity contribution >= 4 is 7.82 Å². The molecule has 0 fully saturated rings. The van der Waals surface area contributed by atoms with Crippen LogP contribution in [0, 0.1) is 0 Å². The summed E-state index contributed by atoms with van der Waals surface area (Å²) in [5, 5.41) is 0. The fourth-order valence-electron chi connectivity index (χ4n) is 0. The van der Waals surface area contributed by atoms with E-state index >= 15 is 0 Å². The molecule has 8 heteroatoms. The van der Waals surface area contributed by atoms with Crippen LogP contribution in [0.3, 0.4) is 0 Å². The summed E-state index contributed by atoms with van der Waals surface area (Å²) in [6.07, 6.45) is 0. The summed E-state index contributed by atoms with van der Waals surface area (Å²) in [5.74, 6) is 0. The topological polar surface area (TPSA) is 77.8 Å². The summed E-state index contributed by atoms with van der Waals surface area (Å²) < 4.78 is 8.88. The normalized spacial score (nSPS) is 7.38. The van der Waals surface area contributed by atoms with Crippen LogP contribution in [0.5, 0.6) is 0 Å². The van der Waals surface area contributed by atoms with E-state index in [0.717, 1.165) is 0 Å². The van der Waals surface area contributed by atoms with E-state index in [4.69, 9.17) is 19.2 Å². The van der Waals surface area contributed by atoms with Gasteiger partial charge in [-0.05, 0) is 0 Å². The van der Waals surface area contributed by atoms with Gasteiger partial charge in [0.25, 0.3) is 0 Å². The van der Waals surface area contributed by atoms with Gasteiger partial charge in [-0.3, -0.25) is 0 Å². The molecule has 0 unspecified atom stereocenters. The Balaban J connectivity index is -0.0000000267. The first-order valence-corrected chi connectivity index (χ1v) is 2.35. The van der Waals surface area contributed by atoms with Crippen LogP contribution >= 0.6 is 7.82 Å². The molecular weight excluding hydrogens is 257 g/mol. The second-order valence-electron chi connectivity index (χ2n) is 0.513. The molecule has 0 rings (SSSR count). The fourth-order valence-corrected chi connectivity index (χ4v) is 0. The summed E-state index contributed by atoms with van der Waals surface area (Å²) in [6.45, 7) is 0. The van der Waals surface area contributed by atoms with Gasteiger partial charge in [-0.1, -0.05) is 0 Å². The van der Waals surface area contributed by atoms with Crippen molar-refractivity contribution < 1.29 is 71.9 Å². The van der Waals surface area contributed by atoms with Gasteiger partial charge >= 0.3 is 7.82 Å². The third kappa shape index (κ3) is 117. The molecule has 0 saturated carbocycles. The quantitative estimate of drug-likeness (QED) is 0.388. The number of rotatable bonds is 0. The Morgan fingerprint density at radius 3 is 1.12 bits per heavy atom. The molecule has 0 amide bonds. The number of hydrogen-bond acceptors (Lipinski definition) is 1. The zero-order chi connectivity index (χ0) is 4.50. The van der Waals surface area contributed by atoms with Crippen molar-refractivity contribution in [2.24, 2.45) is 0 Å². The summed E-state index contributed by atoms with van der Waals surface area (Å²) in [7, 11) is -4.64. The van der Waals surface area contributed by atoms with Crippen molar-refractivity contribution in [2.75, 3.05) is 0 Å². The summed E-state index contributed by atoms with van der Waals surface area (Å²) in [5.41, 5.74) is 0. The first kappa shape index (κ1) is 22.6. The largest absolute Gasteiger partial charge is 0.466 e. The van der Waals surface area contributed by atoms with Crippen LogP contribution in [0.4, 0.5) is 0 Å². The van der Waals surface area contributed by atoms with Crippen molar-refractivity contribution in [3.8, 4) is 0 Å². The molecule has 0 spiro atoms. The van der Waals surface area contributed by atoms with Crippen LogP contribution in [-0.4, -0.2) is 14.7 Å². The van der Waals surface area contributed by atoms with Crippen LogP contribution in [0.15, 0.2) is 0 Å². The molecule has 0 aliphatic rings. The maximum atomic E-state index is 8.88. The average Bonchev–Trinajstić information content (AvgIpc) is 0.722. The van der Waals surface area contributed by atoms with E-state index in [1.165, 1.54) is 0 Å². The molecule has 52 valence electrons. The van der Waals surface area contributed by atoms with E-state index in [2.05, 4.69) is 0 Å². The molecule has 2 radical (unpaired) electrons. The van der Waals surface area contributed by atoms with Gasteiger partial charge in [-0.25, -0.2) is 4.57 Å². The predicted octanol–water partition coefficient (Wildman–Crippen LogP) is -0.936. The van der Waals surface area contributed by atoms with E-state index in [-0.39, 0.29) is 52.7 Å². The molecule has 0 atom stereocenters. The average molecular weight is 260 g/mol. The Bertz CT molecular complexity index is 62.2. The minimum Gasteiger partial charge on any atom is -0.303 e. The van der Waals surface area contributed by atoms with E-state index in [0.29, 0.717) is 0 Å². The summed E-state index contributed by atoms with van der Waals surface area (Å²) in [6, 6.07) is 0. The second-order valence-corrected chi connectivity index (χ2v) is 1.54. The SMILES string of the molecule is O=P(O)(O)O.[Fe].[Mn].[V]. The maximum absolute atomic E-state index is 8.88. The standard InChI is InChI=1S/Fe.Mn.H3O4P.V/c;;1-5(2,3)4;/h;;(H3,1,2,3,4);. The monoisotopic (exact) mass is 260 g/mol. The molecule has 0 saturated heterocycles. The van der Waals surface area contributed by atoms with Gasteiger partial charge in [0, 0.05) is 52.7 Å². The van der Waals surface area contributed by atoms with Crippen LogP contribution in [0.25, 0.3) is 0 Å². The third-order valence-electron chi connectivity index (χ3n) is 0. The maximum Gasteiger partial charge on any atom is 0.466 e. The first-order chi connectivity index (χ1) is 2.00. The Hall–Kier alpha value is 1.73. The molecular formula is H3FeMnO4PV. The molecule has 0 heterocycles. The molecule has 8 heavy (non-hydrogen) atoms. The molecule has 0 aliphatic heterocycles. The minimum absolute atomic E-state index is 0. The minimum atomic E-state index is -4.64. The Kier molecular flexibility index (Phi) is 24.7. The molecule has 0 aromatic rings. The number of hydrogen-bond donors (Lipinski definition) is 3. The van der Waals surface area contributed by atoms with Gasteiger partial charge < -0.3 is 14.7 Å². The van der Waals surface area contributed by atoms with Crippen molar-refractivity contribution in [2.45, 2.75) is 0 Å². The Morgan fingerprint density at radius 2 is 1.12 bits per heavy atom. The molecule has 0 aromatic heterocycles. The van der Waals surface area contributed by atoms with Crippen molar-refractivity contribution in [1.29, 1.82) is 0 Å². The van der Waals surface area contributed by atoms with Gasteiger partial charge in [-0.15, -0.1) is 0 Å². The summed E-state index contributed by atoms with van der Waals surface area (Å²) in [4.78, 5) is 21.6. The fraction of sp³-hybridized carbons (Fsp3) is 0. The predicted molar refractivity (Wildman–Crippen MR) is 14.3 cm³/mol. The summed E-state index contributed by atoms with van der Waals surface area (Å²) >= 11 is 0. The van der Waals surface area contributed by atoms with Crippen LogP contribution in [0.1, 0.15) is 0 Å². The molecule has 3 N–H and O–H groups in total. The molecule has 0 aliphatic carbocycles. The van der Waals surface area contributed by atoms with Gasteiger partial charge in [0.2, 0.25) is 0 Å². The van der Waals surface area contributed by atoms with E-state index in [9.17, 15) is 0 Å². The van der Waals surface area contributed by atoms with Gasteiger partial charge in [0.05, 0.1) is 0 Å². The van der Waals surface area contributed by atoms with Crippen molar-refractivity contribution in [3.05, 3.63) is 0 Å². The molecule has 4 nitrogen and oxygen atoms in total. The van der Waals surface area contributed by atoms with Crippen molar-refractivity contribution in [3.63, 3.8) is 0 Å². The zero-order valence-electron chi connectivity index (χ0n) is 3.38. The first-order valence-electron chi connectivity index (χ1n) is 0.783. The zero-order valence-corrected chi connectivity index (χ0v) is 7.95. The van der Waals surface area contributed by atoms with E-state index < -0.39 is 7.82 Å². The molecule has 0 aromatic carbocycles. The van der Waals surface area contributed by atoms with Gasteiger partial charge in [0.15, 0.2) is 0 Å².